The molecule has 0 aliphatic carbocycles. The Morgan fingerprint density at radius 1 is 1.24 bits per heavy atom. The second-order valence-electron chi connectivity index (χ2n) is 4.62. The van der Waals surface area contributed by atoms with Gasteiger partial charge in [-0.3, -0.25) is 9.59 Å². The van der Waals surface area contributed by atoms with Crippen molar-refractivity contribution in [1.29, 1.82) is 0 Å². The van der Waals surface area contributed by atoms with Gasteiger partial charge in [0.15, 0.2) is 5.78 Å². The minimum absolute atomic E-state index is 0.0240. The van der Waals surface area contributed by atoms with Crippen molar-refractivity contribution >= 4 is 11.6 Å². The Labute approximate surface area is 103 Å². The normalized spacial score (nSPS) is 12.2. The van der Waals surface area contributed by atoms with Gasteiger partial charge in [-0.05, 0) is 31.4 Å². The first kappa shape index (κ1) is 13.6. The summed E-state index contributed by atoms with van der Waals surface area (Å²) in [6, 6.07) is 5.64. The molecule has 0 radical (unpaired) electrons. The Morgan fingerprint density at radius 3 is 2.47 bits per heavy atom. The molecule has 1 unspecified atom stereocenters. The molecule has 2 nitrogen and oxygen atoms in total. The SMILES string of the molecule is CCC(C)C(=O)CC(=O)c1cccc(C)c1C. The van der Waals surface area contributed by atoms with Gasteiger partial charge in [0.1, 0.15) is 5.78 Å². The van der Waals surface area contributed by atoms with E-state index < -0.39 is 0 Å². The number of carbonyl (C=O) groups excluding carboxylic acids is 2. The van der Waals surface area contributed by atoms with Gasteiger partial charge >= 0.3 is 0 Å². The third-order valence-corrected chi connectivity index (χ3v) is 3.40. The van der Waals surface area contributed by atoms with Crippen LogP contribution in [0.1, 0.15) is 48.2 Å². The fourth-order valence-electron chi connectivity index (χ4n) is 1.71. The Balaban J connectivity index is 2.84. The van der Waals surface area contributed by atoms with Gasteiger partial charge < -0.3 is 0 Å². The lowest BCUT2D eigenvalue weighted by Gasteiger charge is -2.09. The zero-order valence-corrected chi connectivity index (χ0v) is 11.0. The summed E-state index contributed by atoms with van der Waals surface area (Å²) >= 11 is 0. The second-order valence-corrected chi connectivity index (χ2v) is 4.62. The maximum Gasteiger partial charge on any atom is 0.170 e. The zero-order chi connectivity index (χ0) is 13.0. The number of aryl methyl sites for hydroxylation is 1. The van der Waals surface area contributed by atoms with E-state index in [1.54, 1.807) is 6.07 Å². The second kappa shape index (κ2) is 5.76. The van der Waals surface area contributed by atoms with E-state index >= 15 is 0 Å². The molecular weight excluding hydrogens is 212 g/mol. The lowest BCUT2D eigenvalue weighted by molar-refractivity contribution is -0.121. The van der Waals surface area contributed by atoms with Crippen molar-refractivity contribution in [3.63, 3.8) is 0 Å². The predicted octanol–water partition coefficient (Wildman–Crippen LogP) is 3.49. The van der Waals surface area contributed by atoms with Crippen LogP contribution in [-0.4, -0.2) is 11.6 Å². The standard InChI is InChI=1S/C15H20O2/c1-5-10(2)14(16)9-15(17)13-8-6-7-11(3)12(13)4/h6-8,10H,5,9H2,1-4H3. The van der Waals surface area contributed by atoms with Crippen LogP contribution in [0, 0.1) is 19.8 Å². The van der Waals surface area contributed by atoms with E-state index in [-0.39, 0.29) is 23.9 Å². The molecule has 92 valence electrons. The van der Waals surface area contributed by atoms with Crippen LogP contribution in [0.25, 0.3) is 0 Å². The van der Waals surface area contributed by atoms with Crippen molar-refractivity contribution in [3.05, 3.63) is 34.9 Å². The molecule has 1 atom stereocenters. The van der Waals surface area contributed by atoms with Crippen LogP contribution >= 0.6 is 0 Å². The molecule has 0 aliphatic rings. The Hall–Kier alpha value is -1.44. The van der Waals surface area contributed by atoms with Crippen LogP contribution in [-0.2, 0) is 4.79 Å². The van der Waals surface area contributed by atoms with E-state index in [2.05, 4.69) is 0 Å². The monoisotopic (exact) mass is 232 g/mol. The van der Waals surface area contributed by atoms with Crippen LogP contribution in [0.15, 0.2) is 18.2 Å². The van der Waals surface area contributed by atoms with Crippen LogP contribution in [0.2, 0.25) is 0 Å². The zero-order valence-electron chi connectivity index (χ0n) is 11.0. The number of Topliss-reactive ketones (excluding diaryl/α,β-unsaturated/α-hetero) is 2. The summed E-state index contributed by atoms with van der Waals surface area (Å²) in [5, 5.41) is 0. The molecule has 1 aromatic carbocycles. The highest BCUT2D eigenvalue weighted by molar-refractivity contribution is 6.09. The molecule has 0 aromatic heterocycles. The number of hydrogen-bond donors (Lipinski definition) is 0. The third-order valence-electron chi connectivity index (χ3n) is 3.40. The van der Waals surface area contributed by atoms with Crippen molar-refractivity contribution in [2.45, 2.75) is 40.5 Å². The van der Waals surface area contributed by atoms with Crippen LogP contribution in [0.3, 0.4) is 0 Å². The van der Waals surface area contributed by atoms with E-state index in [9.17, 15) is 9.59 Å². The Bertz CT molecular complexity index is 433. The number of hydrogen-bond acceptors (Lipinski definition) is 2. The molecule has 2 heteroatoms. The highest BCUT2D eigenvalue weighted by Crippen LogP contribution is 2.16. The summed E-state index contributed by atoms with van der Waals surface area (Å²) in [6.45, 7) is 7.74. The largest absolute Gasteiger partial charge is 0.299 e. The molecule has 0 N–H and O–H groups in total. The number of carbonyl (C=O) groups is 2. The summed E-state index contributed by atoms with van der Waals surface area (Å²) in [5.74, 6) is -0.0426. The minimum atomic E-state index is -0.0588. The van der Waals surface area contributed by atoms with E-state index in [1.807, 2.05) is 39.8 Å². The fraction of sp³-hybridized carbons (Fsp3) is 0.467. The maximum absolute atomic E-state index is 12.0. The van der Waals surface area contributed by atoms with Gasteiger partial charge in [-0.2, -0.15) is 0 Å². The molecule has 0 aliphatic heterocycles. The van der Waals surface area contributed by atoms with Crippen LogP contribution in [0.4, 0.5) is 0 Å². The van der Waals surface area contributed by atoms with Gasteiger partial charge in [0.25, 0.3) is 0 Å². The lowest BCUT2D eigenvalue weighted by Crippen LogP contribution is -2.16. The summed E-state index contributed by atoms with van der Waals surface area (Å²) in [6.07, 6.45) is 0.818. The van der Waals surface area contributed by atoms with Crippen molar-refractivity contribution in [2.24, 2.45) is 5.92 Å². The van der Waals surface area contributed by atoms with E-state index in [0.29, 0.717) is 5.56 Å². The summed E-state index contributed by atoms with van der Waals surface area (Å²) < 4.78 is 0. The fourth-order valence-corrected chi connectivity index (χ4v) is 1.71. The maximum atomic E-state index is 12.0. The molecule has 1 aromatic rings. The third kappa shape index (κ3) is 3.26. The highest BCUT2D eigenvalue weighted by atomic mass is 16.1. The topological polar surface area (TPSA) is 34.1 Å². The minimum Gasteiger partial charge on any atom is -0.299 e. The van der Waals surface area contributed by atoms with E-state index in [0.717, 1.165) is 17.5 Å². The molecule has 0 heterocycles. The molecule has 17 heavy (non-hydrogen) atoms. The highest BCUT2D eigenvalue weighted by Gasteiger charge is 2.17. The first-order chi connectivity index (χ1) is 7.97. The quantitative estimate of drug-likeness (QED) is 0.575. The summed E-state index contributed by atoms with van der Waals surface area (Å²) in [7, 11) is 0. The van der Waals surface area contributed by atoms with Gasteiger partial charge in [-0.15, -0.1) is 0 Å². The first-order valence-corrected chi connectivity index (χ1v) is 6.09. The van der Waals surface area contributed by atoms with E-state index in [1.165, 1.54) is 0 Å². The molecule has 0 bridgehead atoms. The molecule has 0 saturated heterocycles. The van der Waals surface area contributed by atoms with Crippen molar-refractivity contribution in [2.75, 3.05) is 0 Å². The average molecular weight is 232 g/mol. The number of ketones is 2. The van der Waals surface area contributed by atoms with Crippen LogP contribution in [0.5, 0.6) is 0 Å². The predicted molar refractivity (Wildman–Crippen MR) is 69.3 cm³/mol. The molecule has 0 saturated carbocycles. The average Bonchev–Trinajstić information content (AvgIpc) is 2.31. The molecule has 0 spiro atoms. The number of rotatable bonds is 5. The van der Waals surface area contributed by atoms with Gasteiger partial charge in [0, 0.05) is 11.5 Å². The van der Waals surface area contributed by atoms with Crippen molar-refractivity contribution in [1.82, 2.24) is 0 Å². The smallest absolute Gasteiger partial charge is 0.170 e. The van der Waals surface area contributed by atoms with Crippen molar-refractivity contribution < 1.29 is 9.59 Å². The Kier molecular flexibility index (Phi) is 4.62. The van der Waals surface area contributed by atoms with E-state index in [4.69, 9.17) is 0 Å². The summed E-state index contributed by atoms with van der Waals surface area (Å²) in [4.78, 5) is 23.8. The summed E-state index contributed by atoms with van der Waals surface area (Å²) in [5.41, 5.74) is 2.75. The molecular formula is C15H20O2. The van der Waals surface area contributed by atoms with Gasteiger partial charge in [-0.1, -0.05) is 32.0 Å². The van der Waals surface area contributed by atoms with Crippen molar-refractivity contribution in [3.8, 4) is 0 Å². The molecule has 0 fully saturated rings. The molecule has 0 amide bonds. The van der Waals surface area contributed by atoms with Gasteiger partial charge in [0.05, 0.1) is 6.42 Å². The molecule has 1 rings (SSSR count). The lowest BCUT2D eigenvalue weighted by atomic mass is 9.93. The van der Waals surface area contributed by atoms with Gasteiger partial charge in [-0.25, -0.2) is 0 Å². The number of benzene rings is 1. The van der Waals surface area contributed by atoms with Crippen LogP contribution < -0.4 is 0 Å². The first-order valence-electron chi connectivity index (χ1n) is 6.09. The van der Waals surface area contributed by atoms with Gasteiger partial charge in [0.2, 0.25) is 0 Å². The Morgan fingerprint density at radius 2 is 1.88 bits per heavy atom.